The maximum Gasteiger partial charge on any atom is 0.323 e. The van der Waals surface area contributed by atoms with Gasteiger partial charge in [0, 0.05) is 11.9 Å². The molecule has 0 saturated heterocycles. The molecule has 0 aliphatic heterocycles. The summed E-state index contributed by atoms with van der Waals surface area (Å²) in [5, 5.41) is 5.56. The smallest absolute Gasteiger partial charge is 0.314 e. The minimum Gasteiger partial charge on any atom is -0.314 e. The Kier molecular flexibility index (Phi) is 4.77. The minimum atomic E-state index is -0.243. The van der Waals surface area contributed by atoms with Gasteiger partial charge in [0.25, 0.3) is 0 Å². The van der Waals surface area contributed by atoms with Crippen molar-refractivity contribution in [3.05, 3.63) is 70.9 Å². The van der Waals surface area contributed by atoms with Crippen molar-refractivity contribution in [3.63, 3.8) is 0 Å². The average molecular weight is 280 g/mol. The summed E-state index contributed by atoms with van der Waals surface area (Å²) in [6.45, 7) is 6.01. The van der Waals surface area contributed by atoms with E-state index in [1.807, 2.05) is 69.3 Å². The molecule has 0 atom stereocenters. The second kappa shape index (κ2) is 6.75. The average Bonchev–Trinajstić information content (AvgIpc) is 2.45. The number of carbonyl (C=O) groups is 1. The van der Waals surface area contributed by atoms with Crippen molar-refractivity contribution < 1.29 is 4.79 Å². The molecule has 2 aromatic carbocycles. The van der Waals surface area contributed by atoms with Crippen LogP contribution >= 0.6 is 0 Å². The summed E-state index contributed by atoms with van der Waals surface area (Å²) in [5.41, 5.74) is 5.25. The summed E-state index contributed by atoms with van der Waals surface area (Å²) in [5.74, 6) is 0. The third-order valence-electron chi connectivity index (χ3n) is 3.21. The van der Waals surface area contributed by atoms with Gasteiger partial charge in [-0.05, 0) is 49.6 Å². The van der Waals surface area contributed by atoms with Gasteiger partial charge in [0.15, 0.2) is 0 Å². The summed E-state index contributed by atoms with van der Waals surface area (Å²) in [6.07, 6.45) is 3.51. The van der Waals surface area contributed by atoms with Crippen LogP contribution in [0.15, 0.2) is 48.7 Å². The summed E-state index contributed by atoms with van der Waals surface area (Å²) >= 11 is 0. The molecule has 2 rings (SSSR count). The number of aryl methyl sites for hydroxylation is 3. The van der Waals surface area contributed by atoms with E-state index in [9.17, 15) is 4.79 Å². The van der Waals surface area contributed by atoms with Crippen molar-refractivity contribution >= 4 is 17.8 Å². The Morgan fingerprint density at radius 1 is 0.952 bits per heavy atom. The highest BCUT2D eigenvalue weighted by molar-refractivity contribution is 5.91. The molecule has 21 heavy (non-hydrogen) atoms. The van der Waals surface area contributed by atoms with Gasteiger partial charge in [0.2, 0.25) is 0 Å². The van der Waals surface area contributed by atoms with E-state index < -0.39 is 0 Å². The van der Waals surface area contributed by atoms with E-state index in [1.54, 1.807) is 6.20 Å². The largest absolute Gasteiger partial charge is 0.323 e. The van der Waals surface area contributed by atoms with E-state index in [0.717, 1.165) is 22.4 Å². The number of hydrogen-bond acceptors (Lipinski definition) is 1. The van der Waals surface area contributed by atoms with Gasteiger partial charge in [-0.2, -0.15) is 0 Å². The maximum atomic E-state index is 11.8. The first kappa shape index (κ1) is 14.9. The van der Waals surface area contributed by atoms with Crippen LogP contribution in [-0.4, -0.2) is 6.03 Å². The fourth-order valence-electron chi connectivity index (χ4n) is 1.92. The third kappa shape index (κ3) is 4.49. The lowest BCUT2D eigenvalue weighted by Crippen LogP contribution is -2.24. The van der Waals surface area contributed by atoms with Gasteiger partial charge in [-0.1, -0.05) is 42.0 Å². The van der Waals surface area contributed by atoms with E-state index in [-0.39, 0.29) is 6.03 Å². The summed E-state index contributed by atoms with van der Waals surface area (Å²) in [4.78, 5) is 11.8. The van der Waals surface area contributed by atoms with Crippen molar-refractivity contribution in [1.82, 2.24) is 5.32 Å². The lowest BCUT2D eigenvalue weighted by atomic mass is 10.1. The molecule has 108 valence electrons. The molecule has 0 spiro atoms. The second-order valence-corrected chi connectivity index (χ2v) is 5.16. The van der Waals surface area contributed by atoms with Crippen LogP contribution in [0.5, 0.6) is 0 Å². The quantitative estimate of drug-likeness (QED) is 0.859. The van der Waals surface area contributed by atoms with E-state index in [1.165, 1.54) is 5.56 Å². The zero-order valence-corrected chi connectivity index (χ0v) is 12.6. The molecule has 2 amide bonds. The van der Waals surface area contributed by atoms with Crippen LogP contribution in [0.1, 0.15) is 22.3 Å². The molecule has 0 unspecified atom stereocenters. The van der Waals surface area contributed by atoms with Gasteiger partial charge in [-0.25, -0.2) is 4.79 Å². The molecule has 0 radical (unpaired) electrons. The van der Waals surface area contributed by atoms with Crippen molar-refractivity contribution in [3.8, 4) is 0 Å². The highest BCUT2D eigenvalue weighted by Crippen LogP contribution is 2.16. The molecule has 3 heteroatoms. The Balaban J connectivity index is 1.93. The first-order valence-corrected chi connectivity index (χ1v) is 6.92. The van der Waals surface area contributed by atoms with Crippen molar-refractivity contribution in [2.45, 2.75) is 20.8 Å². The SMILES string of the molecule is Cc1ccc(/C=C/NC(=O)Nc2cc(C)ccc2C)cc1. The molecule has 0 aliphatic carbocycles. The molecule has 0 aromatic heterocycles. The Bertz CT molecular complexity index is 657. The summed E-state index contributed by atoms with van der Waals surface area (Å²) in [7, 11) is 0. The Morgan fingerprint density at radius 2 is 1.62 bits per heavy atom. The molecular weight excluding hydrogens is 260 g/mol. The fraction of sp³-hybridized carbons (Fsp3) is 0.167. The molecule has 0 bridgehead atoms. The first-order chi connectivity index (χ1) is 10.0. The van der Waals surface area contributed by atoms with Gasteiger partial charge < -0.3 is 10.6 Å². The van der Waals surface area contributed by atoms with Crippen LogP contribution in [0, 0.1) is 20.8 Å². The highest BCUT2D eigenvalue weighted by atomic mass is 16.2. The third-order valence-corrected chi connectivity index (χ3v) is 3.21. The molecule has 2 aromatic rings. The number of carbonyl (C=O) groups excluding carboxylic acids is 1. The molecule has 0 aliphatic rings. The number of benzene rings is 2. The van der Waals surface area contributed by atoms with E-state index >= 15 is 0 Å². The number of nitrogens with one attached hydrogen (secondary N) is 2. The lowest BCUT2D eigenvalue weighted by Gasteiger charge is -2.08. The number of urea groups is 1. The van der Waals surface area contributed by atoms with E-state index in [2.05, 4.69) is 10.6 Å². The van der Waals surface area contributed by atoms with Crippen LogP contribution in [0.25, 0.3) is 6.08 Å². The zero-order valence-electron chi connectivity index (χ0n) is 12.6. The Hall–Kier alpha value is -2.55. The number of anilines is 1. The predicted molar refractivity (Wildman–Crippen MR) is 88.3 cm³/mol. The molecule has 2 N–H and O–H groups in total. The van der Waals surface area contributed by atoms with Crippen molar-refractivity contribution in [2.24, 2.45) is 0 Å². The van der Waals surface area contributed by atoms with E-state index in [4.69, 9.17) is 0 Å². The second-order valence-electron chi connectivity index (χ2n) is 5.16. The fourth-order valence-corrected chi connectivity index (χ4v) is 1.92. The Morgan fingerprint density at radius 3 is 2.33 bits per heavy atom. The van der Waals surface area contributed by atoms with Gasteiger partial charge in [0.05, 0.1) is 0 Å². The number of amides is 2. The lowest BCUT2D eigenvalue weighted by molar-refractivity contribution is 0.255. The standard InChI is InChI=1S/C18H20N2O/c1-13-5-8-16(9-6-13)10-11-19-18(21)20-17-12-14(2)4-7-15(17)3/h4-12H,1-3H3,(H2,19,20,21)/b11-10+. The first-order valence-electron chi connectivity index (χ1n) is 6.92. The number of hydrogen-bond donors (Lipinski definition) is 2. The zero-order chi connectivity index (χ0) is 15.2. The van der Waals surface area contributed by atoms with Crippen LogP contribution < -0.4 is 10.6 Å². The maximum absolute atomic E-state index is 11.8. The van der Waals surface area contributed by atoms with Gasteiger partial charge >= 0.3 is 6.03 Å². The monoisotopic (exact) mass is 280 g/mol. The van der Waals surface area contributed by atoms with Crippen LogP contribution in [-0.2, 0) is 0 Å². The molecule has 3 nitrogen and oxygen atoms in total. The molecule has 0 heterocycles. The highest BCUT2D eigenvalue weighted by Gasteiger charge is 2.02. The van der Waals surface area contributed by atoms with Gasteiger partial charge in [-0.15, -0.1) is 0 Å². The molecule has 0 saturated carbocycles. The van der Waals surface area contributed by atoms with Crippen molar-refractivity contribution in [1.29, 1.82) is 0 Å². The van der Waals surface area contributed by atoms with Gasteiger partial charge in [0.1, 0.15) is 0 Å². The minimum absolute atomic E-state index is 0.243. The molecule has 0 fully saturated rings. The van der Waals surface area contributed by atoms with E-state index in [0.29, 0.717) is 0 Å². The normalized spacial score (nSPS) is 10.6. The topological polar surface area (TPSA) is 41.1 Å². The predicted octanol–water partition coefficient (Wildman–Crippen LogP) is 4.40. The summed E-state index contributed by atoms with van der Waals surface area (Å²) in [6, 6.07) is 13.8. The summed E-state index contributed by atoms with van der Waals surface area (Å²) < 4.78 is 0. The van der Waals surface area contributed by atoms with Crippen LogP contribution in [0.3, 0.4) is 0 Å². The van der Waals surface area contributed by atoms with Crippen LogP contribution in [0.2, 0.25) is 0 Å². The van der Waals surface area contributed by atoms with Crippen molar-refractivity contribution in [2.75, 3.05) is 5.32 Å². The van der Waals surface area contributed by atoms with Crippen LogP contribution in [0.4, 0.5) is 10.5 Å². The Labute approximate surface area is 125 Å². The molecular formula is C18H20N2O. The number of rotatable bonds is 3. The van der Waals surface area contributed by atoms with Gasteiger partial charge in [-0.3, -0.25) is 0 Å².